The fraction of sp³-hybridized carbons (Fsp3) is 1.00. The number of nitrogens with zero attached hydrogens (tertiary/aromatic N) is 1. The Morgan fingerprint density at radius 2 is 0.525 bits per heavy atom. The van der Waals surface area contributed by atoms with Gasteiger partial charge in [0, 0.05) is 6.61 Å². The van der Waals surface area contributed by atoms with Crippen molar-refractivity contribution in [2.24, 2.45) is 0 Å². The highest BCUT2D eigenvalue weighted by Gasteiger charge is 2.20. The largest absolute Gasteiger partial charge is 1.00 e. The van der Waals surface area contributed by atoms with E-state index in [-0.39, 0.29) is 12.4 Å². The molecule has 0 aromatic carbocycles. The van der Waals surface area contributed by atoms with E-state index in [0.29, 0.717) is 6.61 Å². The van der Waals surface area contributed by atoms with Gasteiger partial charge in [0.15, 0.2) is 0 Å². The summed E-state index contributed by atoms with van der Waals surface area (Å²) in [6.45, 7) is 8.93. The fourth-order valence-electron chi connectivity index (χ4n) is 6.32. The van der Waals surface area contributed by atoms with Crippen molar-refractivity contribution in [2.75, 3.05) is 33.3 Å². The first kappa shape index (κ1) is 42.3. The third kappa shape index (κ3) is 32.7. The maximum absolute atomic E-state index is 9.27. The molecule has 0 aromatic rings. The van der Waals surface area contributed by atoms with Gasteiger partial charge in [0.25, 0.3) is 0 Å². The summed E-state index contributed by atoms with van der Waals surface area (Å²) in [4.78, 5) is 0. The summed E-state index contributed by atoms with van der Waals surface area (Å²) in [7, 11) is 2.50. The van der Waals surface area contributed by atoms with Crippen LogP contribution in [0.4, 0.5) is 0 Å². The van der Waals surface area contributed by atoms with Crippen LogP contribution >= 0.6 is 0 Å². The summed E-state index contributed by atoms with van der Waals surface area (Å²) >= 11 is 0. The maximum atomic E-state index is 9.27. The molecule has 0 aliphatic heterocycles. The molecule has 0 atom stereocenters. The second-order valence-electron chi connectivity index (χ2n) is 13.4. The lowest BCUT2D eigenvalue weighted by Gasteiger charge is -2.35. The Labute approximate surface area is 261 Å². The predicted octanol–water partition coefficient (Wildman–Crippen LogP) is 9.17. The number of hydrogen-bond donors (Lipinski definition) is 1. The molecule has 0 fully saturated rings. The molecule has 0 aliphatic rings. The summed E-state index contributed by atoms with van der Waals surface area (Å²) < 4.78 is 1.25. The van der Waals surface area contributed by atoms with Crippen LogP contribution in [0.15, 0.2) is 0 Å². The summed E-state index contributed by atoms with van der Waals surface area (Å²) in [5.41, 5.74) is 0. The van der Waals surface area contributed by atoms with Crippen LogP contribution < -0.4 is 12.4 Å². The zero-order valence-electron chi connectivity index (χ0n) is 28.3. The van der Waals surface area contributed by atoms with Crippen LogP contribution in [0.3, 0.4) is 0 Å². The highest BCUT2D eigenvalue weighted by Crippen LogP contribution is 2.17. The first-order valence-electron chi connectivity index (χ1n) is 18.6. The van der Waals surface area contributed by atoms with E-state index >= 15 is 0 Å². The molecule has 0 unspecified atom stereocenters. The van der Waals surface area contributed by atoms with Crippen molar-refractivity contribution < 1.29 is 22.0 Å². The molecule has 0 amide bonds. The van der Waals surface area contributed by atoms with E-state index in [1.807, 2.05) is 0 Å². The minimum atomic E-state index is 0. The van der Waals surface area contributed by atoms with Gasteiger partial charge in [-0.15, -0.1) is 0 Å². The monoisotopic (exact) mass is 588 g/mol. The standard InChI is InChI=1S/C37H78NO.ClH/c1-4-6-8-10-12-14-16-18-20-22-24-26-28-30-34-38(3,36-32-33-37-39)35-31-29-27-25-23-21-19-17-15-13-11-9-7-5-2;/h39H,4-37H2,1-3H3;1H/q+1;/p-1. The molecule has 0 spiro atoms. The van der Waals surface area contributed by atoms with E-state index in [2.05, 4.69) is 20.9 Å². The van der Waals surface area contributed by atoms with Crippen LogP contribution in [0.5, 0.6) is 0 Å². The molecule has 40 heavy (non-hydrogen) atoms. The minimum Gasteiger partial charge on any atom is -1.00 e. The van der Waals surface area contributed by atoms with Gasteiger partial charge in [-0.2, -0.15) is 0 Å². The first-order valence-corrected chi connectivity index (χ1v) is 18.6. The van der Waals surface area contributed by atoms with Crippen molar-refractivity contribution in [1.29, 1.82) is 0 Å². The SMILES string of the molecule is CCCCCCCCCCCCCCCC[N+](C)(CCCCO)CCCCCCCCCCCCCCCC.[Cl-]. The van der Waals surface area contributed by atoms with Gasteiger partial charge in [0.05, 0.1) is 26.7 Å². The Bertz CT molecular complexity index is 412. The number of halogens is 1. The highest BCUT2D eigenvalue weighted by molar-refractivity contribution is 4.53. The van der Waals surface area contributed by atoms with Gasteiger partial charge in [0.1, 0.15) is 0 Å². The zero-order chi connectivity index (χ0) is 28.5. The van der Waals surface area contributed by atoms with Crippen molar-refractivity contribution in [2.45, 2.75) is 206 Å². The quantitative estimate of drug-likeness (QED) is 0.0587. The molecular formula is C37H78ClNO. The van der Waals surface area contributed by atoms with Crippen LogP contribution in [0.25, 0.3) is 0 Å². The molecule has 3 heteroatoms. The Morgan fingerprint density at radius 3 is 0.750 bits per heavy atom. The molecule has 1 N–H and O–H groups in total. The smallest absolute Gasteiger partial charge is 0.0785 e. The van der Waals surface area contributed by atoms with Gasteiger partial charge in [-0.3, -0.25) is 0 Å². The van der Waals surface area contributed by atoms with E-state index in [0.717, 1.165) is 6.42 Å². The van der Waals surface area contributed by atoms with Gasteiger partial charge in [-0.05, 0) is 38.5 Å². The highest BCUT2D eigenvalue weighted by atomic mass is 35.5. The van der Waals surface area contributed by atoms with Crippen LogP contribution in [0.1, 0.15) is 206 Å². The Kier molecular flexibility index (Phi) is 37.5. The summed E-state index contributed by atoms with van der Waals surface area (Å²) in [6, 6.07) is 0. The topological polar surface area (TPSA) is 20.2 Å². The molecule has 0 aromatic heterocycles. The van der Waals surface area contributed by atoms with Crippen LogP contribution in [0, 0.1) is 0 Å². The van der Waals surface area contributed by atoms with Crippen molar-refractivity contribution >= 4 is 0 Å². The van der Waals surface area contributed by atoms with E-state index in [1.54, 1.807) is 0 Å². The first-order chi connectivity index (χ1) is 19.2. The Balaban J connectivity index is 0. The van der Waals surface area contributed by atoms with E-state index in [4.69, 9.17) is 0 Å². The summed E-state index contributed by atoms with van der Waals surface area (Å²) in [5, 5.41) is 9.27. The van der Waals surface area contributed by atoms with Crippen LogP contribution in [-0.2, 0) is 0 Å². The van der Waals surface area contributed by atoms with Crippen LogP contribution in [-0.4, -0.2) is 42.9 Å². The summed E-state index contributed by atoms with van der Waals surface area (Å²) in [6.07, 6.45) is 42.6. The zero-order valence-corrected chi connectivity index (χ0v) is 29.1. The molecule has 2 nitrogen and oxygen atoms in total. The lowest BCUT2D eigenvalue weighted by atomic mass is 10.0. The predicted molar refractivity (Wildman–Crippen MR) is 178 cm³/mol. The Hall–Kier alpha value is 0.210. The van der Waals surface area contributed by atoms with E-state index < -0.39 is 0 Å². The number of hydrogen-bond acceptors (Lipinski definition) is 1. The Morgan fingerprint density at radius 1 is 0.325 bits per heavy atom. The number of unbranched alkanes of at least 4 members (excludes halogenated alkanes) is 27. The second-order valence-corrected chi connectivity index (χ2v) is 13.4. The van der Waals surface area contributed by atoms with Crippen molar-refractivity contribution in [3.63, 3.8) is 0 Å². The number of rotatable bonds is 34. The number of aliphatic hydroxyl groups is 1. The summed E-state index contributed by atoms with van der Waals surface area (Å²) in [5.74, 6) is 0. The third-order valence-corrected chi connectivity index (χ3v) is 9.21. The molecule has 0 bridgehead atoms. The van der Waals surface area contributed by atoms with Crippen LogP contribution in [0.2, 0.25) is 0 Å². The van der Waals surface area contributed by atoms with Gasteiger partial charge in [-0.25, -0.2) is 0 Å². The van der Waals surface area contributed by atoms with Gasteiger partial charge in [-0.1, -0.05) is 168 Å². The molecule has 0 rings (SSSR count). The maximum Gasteiger partial charge on any atom is 0.0785 e. The number of quaternary nitrogens is 1. The van der Waals surface area contributed by atoms with E-state index in [9.17, 15) is 5.11 Å². The molecule has 0 heterocycles. The minimum absolute atomic E-state index is 0. The number of aliphatic hydroxyl groups excluding tert-OH is 1. The van der Waals surface area contributed by atoms with Crippen molar-refractivity contribution in [3.05, 3.63) is 0 Å². The molecule has 0 saturated carbocycles. The lowest BCUT2D eigenvalue weighted by Crippen LogP contribution is -3.00. The molecule has 244 valence electrons. The fourth-order valence-corrected chi connectivity index (χ4v) is 6.32. The molecule has 0 radical (unpaired) electrons. The average Bonchev–Trinajstić information content (AvgIpc) is 2.93. The van der Waals surface area contributed by atoms with Crippen molar-refractivity contribution in [3.8, 4) is 0 Å². The van der Waals surface area contributed by atoms with Gasteiger partial charge < -0.3 is 22.0 Å². The van der Waals surface area contributed by atoms with E-state index in [1.165, 1.54) is 210 Å². The van der Waals surface area contributed by atoms with Gasteiger partial charge >= 0.3 is 0 Å². The molecular weight excluding hydrogens is 510 g/mol. The molecule has 0 aliphatic carbocycles. The third-order valence-electron chi connectivity index (χ3n) is 9.21. The van der Waals surface area contributed by atoms with Crippen molar-refractivity contribution in [1.82, 2.24) is 0 Å². The van der Waals surface area contributed by atoms with Gasteiger partial charge in [0.2, 0.25) is 0 Å². The normalized spacial score (nSPS) is 11.7. The molecule has 0 saturated heterocycles. The second kappa shape index (κ2) is 35.4. The lowest BCUT2D eigenvalue weighted by molar-refractivity contribution is -0.910. The average molecular weight is 588 g/mol.